The van der Waals surface area contributed by atoms with Crippen LogP contribution in [0.15, 0.2) is 54.9 Å². The van der Waals surface area contributed by atoms with E-state index in [1.165, 1.54) is 10.9 Å². The molecule has 0 unspecified atom stereocenters. The highest BCUT2D eigenvalue weighted by molar-refractivity contribution is 5.94. The van der Waals surface area contributed by atoms with Crippen LogP contribution in [0.2, 0.25) is 0 Å². The van der Waals surface area contributed by atoms with Crippen molar-refractivity contribution in [3.05, 3.63) is 66.2 Å². The Hall–Kier alpha value is -3.78. The maximum atomic E-state index is 12.9. The number of aromatic nitrogens is 3. The summed E-state index contributed by atoms with van der Waals surface area (Å²) in [7, 11) is 0. The summed E-state index contributed by atoms with van der Waals surface area (Å²) >= 11 is 0. The van der Waals surface area contributed by atoms with Crippen molar-refractivity contribution in [1.82, 2.24) is 24.8 Å². The van der Waals surface area contributed by atoms with Gasteiger partial charge in [0.2, 0.25) is 11.8 Å². The maximum Gasteiger partial charge on any atom is 0.238 e. The smallest absolute Gasteiger partial charge is 0.238 e. The van der Waals surface area contributed by atoms with E-state index in [0.717, 1.165) is 40.9 Å². The van der Waals surface area contributed by atoms with Crippen molar-refractivity contribution in [3.63, 3.8) is 0 Å². The molecule has 4 aromatic rings. The van der Waals surface area contributed by atoms with E-state index in [-0.39, 0.29) is 24.3 Å². The number of aryl methyl sites for hydroxylation is 1. The molecular weight excluding hydrogens is 440 g/mol. The standard InChI is InChI=1S/C27H30N6O2/c1-18-29-25-8-7-23(12-26(25)30-18)31-27(35)17-32-9-10-33(19(2)34)16-20(15-32)11-22-14-28-13-21-5-3-4-6-24(21)22/h3-8,12-14,20H,9-11,15-17H2,1-2H3,(H,29,30)(H,31,35)/t20-/m1/s1. The molecule has 1 aliphatic heterocycles. The minimum atomic E-state index is -0.0672. The Kier molecular flexibility index (Phi) is 6.46. The molecule has 0 radical (unpaired) electrons. The van der Waals surface area contributed by atoms with E-state index in [9.17, 15) is 9.59 Å². The zero-order chi connectivity index (χ0) is 24.4. The van der Waals surface area contributed by atoms with Crippen LogP contribution in [0, 0.1) is 12.8 Å². The second kappa shape index (κ2) is 9.84. The van der Waals surface area contributed by atoms with Gasteiger partial charge in [-0.2, -0.15) is 0 Å². The first-order chi connectivity index (χ1) is 16.9. The third-order valence-corrected chi connectivity index (χ3v) is 6.64. The lowest BCUT2D eigenvalue weighted by Crippen LogP contribution is -2.37. The fraction of sp³-hybridized carbons (Fsp3) is 0.333. The van der Waals surface area contributed by atoms with Crippen molar-refractivity contribution in [1.29, 1.82) is 0 Å². The molecule has 8 nitrogen and oxygen atoms in total. The van der Waals surface area contributed by atoms with Crippen molar-refractivity contribution in [2.45, 2.75) is 20.3 Å². The lowest BCUT2D eigenvalue weighted by atomic mass is 9.96. The first-order valence-corrected chi connectivity index (χ1v) is 12.0. The van der Waals surface area contributed by atoms with Crippen LogP contribution in [-0.2, 0) is 16.0 Å². The van der Waals surface area contributed by atoms with Crippen LogP contribution >= 0.6 is 0 Å². The first kappa shape index (κ1) is 23.0. The molecule has 2 N–H and O–H groups in total. The third-order valence-electron chi connectivity index (χ3n) is 6.64. The zero-order valence-electron chi connectivity index (χ0n) is 20.1. The van der Waals surface area contributed by atoms with E-state index < -0.39 is 0 Å². The molecule has 180 valence electrons. The number of H-pyrrole nitrogens is 1. The molecule has 35 heavy (non-hydrogen) atoms. The van der Waals surface area contributed by atoms with Crippen molar-refractivity contribution in [3.8, 4) is 0 Å². The predicted octanol–water partition coefficient (Wildman–Crippen LogP) is 3.38. The lowest BCUT2D eigenvalue weighted by Gasteiger charge is -2.24. The number of fused-ring (bicyclic) bond motifs is 2. The Morgan fingerprint density at radius 2 is 1.97 bits per heavy atom. The second-order valence-electron chi connectivity index (χ2n) is 9.39. The number of benzene rings is 2. The fourth-order valence-electron chi connectivity index (χ4n) is 5.01. The fourth-order valence-corrected chi connectivity index (χ4v) is 5.01. The van der Waals surface area contributed by atoms with Gasteiger partial charge in [0, 0.05) is 56.6 Å². The number of carbonyl (C=O) groups excluding carboxylic acids is 2. The van der Waals surface area contributed by atoms with Crippen LogP contribution in [0.5, 0.6) is 0 Å². The molecule has 0 spiro atoms. The van der Waals surface area contributed by atoms with Gasteiger partial charge in [0.1, 0.15) is 5.82 Å². The van der Waals surface area contributed by atoms with E-state index >= 15 is 0 Å². The van der Waals surface area contributed by atoms with Gasteiger partial charge < -0.3 is 15.2 Å². The quantitative estimate of drug-likeness (QED) is 0.466. The van der Waals surface area contributed by atoms with Crippen molar-refractivity contribution < 1.29 is 9.59 Å². The number of nitrogens with one attached hydrogen (secondary N) is 2. The van der Waals surface area contributed by atoms with Crippen LogP contribution in [-0.4, -0.2) is 69.3 Å². The van der Waals surface area contributed by atoms with Gasteiger partial charge in [-0.05, 0) is 48.4 Å². The summed E-state index contributed by atoms with van der Waals surface area (Å²) in [5.41, 5.74) is 3.69. The number of amides is 2. The van der Waals surface area contributed by atoms with Gasteiger partial charge in [0.25, 0.3) is 0 Å². The van der Waals surface area contributed by atoms with Crippen LogP contribution in [0.1, 0.15) is 18.3 Å². The summed E-state index contributed by atoms with van der Waals surface area (Å²) in [6.45, 7) is 6.49. The second-order valence-corrected chi connectivity index (χ2v) is 9.39. The molecule has 2 amide bonds. The molecule has 3 heterocycles. The molecule has 5 rings (SSSR count). The minimum absolute atomic E-state index is 0.0672. The van der Waals surface area contributed by atoms with Crippen LogP contribution in [0.4, 0.5) is 5.69 Å². The highest BCUT2D eigenvalue weighted by atomic mass is 16.2. The number of pyridine rings is 1. The highest BCUT2D eigenvalue weighted by Gasteiger charge is 2.26. The van der Waals surface area contributed by atoms with Crippen LogP contribution in [0.3, 0.4) is 0 Å². The molecule has 1 atom stereocenters. The summed E-state index contributed by atoms with van der Waals surface area (Å²) in [6, 6.07) is 13.9. The number of carbonyl (C=O) groups is 2. The summed E-state index contributed by atoms with van der Waals surface area (Å²) in [4.78, 5) is 41.3. The Morgan fingerprint density at radius 3 is 2.83 bits per heavy atom. The summed E-state index contributed by atoms with van der Waals surface area (Å²) in [5.74, 6) is 1.05. The van der Waals surface area contributed by atoms with Gasteiger partial charge in [-0.25, -0.2) is 4.98 Å². The predicted molar refractivity (Wildman–Crippen MR) is 137 cm³/mol. The number of nitrogens with zero attached hydrogens (tertiary/aromatic N) is 4. The first-order valence-electron chi connectivity index (χ1n) is 12.0. The molecule has 1 saturated heterocycles. The van der Waals surface area contributed by atoms with E-state index in [0.29, 0.717) is 19.6 Å². The average Bonchev–Trinajstić information content (AvgIpc) is 3.08. The average molecular weight is 471 g/mol. The summed E-state index contributed by atoms with van der Waals surface area (Å²) in [5, 5.41) is 5.32. The number of hydrogen-bond donors (Lipinski definition) is 2. The number of rotatable bonds is 5. The van der Waals surface area contributed by atoms with E-state index in [4.69, 9.17) is 0 Å². The molecule has 2 aromatic heterocycles. The Labute approximate surface area is 204 Å². The summed E-state index contributed by atoms with van der Waals surface area (Å²) in [6.07, 6.45) is 4.61. The largest absolute Gasteiger partial charge is 0.342 e. The third kappa shape index (κ3) is 5.33. The molecule has 0 bridgehead atoms. The van der Waals surface area contributed by atoms with E-state index in [1.807, 2.05) is 54.5 Å². The van der Waals surface area contributed by atoms with E-state index in [1.54, 1.807) is 6.92 Å². The normalized spacial score (nSPS) is 17.0. The van der Waals surface area contributed by atoms with Crippen molar-refractivity contribution in [2.75, 3.05) is 38.0 Å². The monoisotopic (exact) mass is 470 g/mol. The Morgan fingerprint density at radius 1 is 1.11 bits per heavy atom. The minimum Gasteiger partial charge on any atom is -0.342 e. The van der Waals surface area contributed by atoms with Gasteiger partial charge in [0.15, 0.2) is 0 Å². The van der Waals surface area contributed by atoms with Crippen LogP contribution in [0.25, 0.3) is 21.8 Å². The molecular formula is C27H30N6O2. The number of aromatic amines is 1. The maximum absolute atomic E-state index is 12.9. The Bertz CT molecular complexity index is 1380. The van der Waals surface area contributed by atoms with Crippen molar-refractivity contribution >= 4 is 39.3 Å². The summed E-state index contributed by atoms with van der Waals surface area (Å²) < 4.78 is 0. The Balaban J connectivity index is 1.29. The molecule has 0 aliphatic carbocycles. The van der Waals surface area contributed by atoms with Gasteiger partial charge in [-0.15, -0.1) is 0 Å². The number of anilines is 1. The van der Waals surface area contributed by atoms with Gasteiger partial charge in [0.05, 0.1) is 17.6 Å². The van der Waals surface area contributed by atoms with Gasteiger partial charge in [-0.3, -0.25) is 19.5 Å². The van der Waals surface area contributed by atoms with Crippen LogP contribution < -0.4 is 5.32 Å². The molecule has 1 fully saturated rings. The van der Waals surface area contributed by atoms with E-state index in [2.05, 4.69) is 37.3 Å². The zero-order valence-corrected chi connectivity index (χ0v) is 20.1. The number of imidazole rings is 1. The topological polar surface area (TPSA) is 94.2 Å². The SMILES string of the molecule is CC(=O)N1CCN(CC(=O)Nc2ccc3nc(C)[nH]c3c2)C[C@@H](Cc2cncc3ccccc23)C1. The van der Waals surface area contributed by atoms with Gasteiger partial charge >= 0.3 is 0 Å². The number of hydrogen-bond acceptors (Lipinski definition) is 5. The highest BCUT2D eigenvalue weighted by Crippen LogP contribution is 2.23. The molecule has 8 heteroatoms. The molecule has 1 aliphatic rings. The van der Waals surface area contributed by atoms with Gasteiger partial charge in [-0.1, -0.05) is 24.3 Å². The molecule has 2 aromatic carbocycles. The lowest BCUT2D eigenvalue weighted by molar-refractivity contribution is -0.129. The van der Waals surface area contributed by atoms with Crippen molar-refractivity contribution in [2.24, 2.45) is 5.92 Å². The molecule has 0 saturated carbocycles.